The van der Waals surface area contributed by atoms with Crippen LogP contribution in [0.2, 0.25) is 0 Å². The molecule has 2 N–H and O–H groups in total. The van der Waals surface area contributed by atoms with Gasteiger partial charge in [-0.3, -0.25) is 4.79 Å². The summed E-state index contributed by atoms with van der Waals surface area (Å²) in [6, 6.07) is 7.94. The first kappa shape index (κ1) is 13.7. The molecule has 0 atom stereocenters. The molecular formula is C14H21NO2. The fourth-order valence-corrected chi connectivity index (χ4v) is 1.65. The lowest BCUT2D eigenvalue weighted by Crippen LogP contribution is -2.44. The first-order valence-corrected chi connectivity index (χ1v) is 5.90. The molecule has 1 amide bonds. The maximum atomic E-state index is 11.8. The minimum Gasteiger partial charge on any atom is -0.396 e. The Morgan fingerprint density at radius 1 is 1.29 bits per heavy atom. The summed E-state index contributed by atoms with van der Waals surface area (Å²) >= 11 is 0. The molecule has 0 aliphatic rings. The van der Waals surface area contributed by atoms with E-state index in [1.807, 2.05) is 45.0 Å². The van der Waals surface area contributed by atoms with E-state index in [0.717, 1.165) is 5.56 Å². The van der Waals surface area contributed by atoms with E-state index in [1.54, 1.807) is 0 Å². The van der Waals surface area contributed by atoms with E-state index in [4.69, 9.17) is 5.11 Å². The van der Waals surface area contributed by atoms with Crippen LogP contribution in [-0.4, -0.2) is 23.2 Å². The van der Waals surface area contributed by atoms with Crippen LogP contribution in [0.25, 0.3) is 0 Å². The number of amides is 1. The van der Waals surface area contributed by atoms with E-state index in [1.165, 1.54) is 5.56 Å². The predicted molar refractivity (Wildman–Crippen MR) is 68.8 cm³/mol. The van der Waals surface area contributed by atoms with Gasteiger partial charge in [0.05, 0.1) is 6.42 Å². The number of hydrogen-bond donors (Lipinski definition) is 2. The molecule has 0 saturated carbocycles. The van der Waals surface area contributed by atoms with Gasteiger partial charge in [-0.1, -0.05) is 29.8 Å². The highest BCUT2D eigenvalue weighted by Gasteiger charge is 2.19. The highest BCUT2D eigenvalue weighted by molar-refractivity contribution is 5.79. The van der Waals surface area contributed by atoms with Crippen LogP contribution >= 0.6 is 0 Å². The standard InChI is InChI=1S/C14H21NO2/c1-11-4-6-12(7-5-11)10-13(17)15-14(2,3)8-9-16/h4-7,16H,8-10H2,1-3H3,(H,15,17). The molecule has 0 saturated heterocycles. The van der Waals surface area contributed by atoms with Gasteiger partial charge in [0.25, 0.3) is 0 Å². The molecule has 0 spiro atoms. The van der Waals surface area contributed by atoms with E-state index in [2.05, 4.69) is 5.32 Å². The normalized spacial score (nSPS) is 11.3. The Morgan fingerprint density at radius 3 is 2.41 bits per heavy atom. The van der Waals surface area contributed by atoms with Crippen LogP contribution in [-0.2, 0) is 11.2 Å². The van der Waals surface area contributed by atoms with E-state index < -0.39 is 0 Å². The fourth-order valence-electron chi connectivity index (χ4n) is 1.65. The topological polar surface area (TPSA) is 49.3 Å². The molecule has 0 aromatic heterocycles. The Labute approximate surface area is 103 Å². The summed E-state index contributed by atoms with van der Waals surface area (Å²) in [7, 11) is 0. The summed E-state index contributed by atoms with van der Waals surface area (Å²) in [4.78, 5) is 11.8. The van der Waals surface area contributed by atoms with Crippen molar-refractivity contribution in [3.63, 3.8) is 0 Å². The zero-order chi connectivity index (χ0) is 12.9. The summed E-state index contributed by atoms with van der Waals surface area (Å²) < 4.78 is 0. The molecule has 3 heteroatoms. The van der Waals surface area contributed by atoms with Crippen molar-refractivity contribution in [1.82, 2.24) is 5.32 Å². The molecule has 1 aromatic rings. The maximum Gasteiger partial charge on any atom is 0.224 e. The SMILES string of the molecule is Cc1ccc(CC(=O)NC(C)(C)CCO)cc1. The van der Waals surface area contributed by atoms with Crippen molar-refractivity contribution in [3.05, 3.63) is 35.4 Å². The van der Waals surface area contributed by atoms with Crippen molar-refractivity contribution >= 4 is 5.91 Å². The first-order valence-electron chi connectivity index (χ1n) is 5.90. The molecule has 0 heterocycles. The molecule has 0 bridgehead atoms. The van der Waals surface area contributed by atoms with Crippen LogP contribution in [0.5, 0.6) is 0 Å². The van der Waals surface area contributed by atoms with Gasteiger partial charge in [-0.25, -0.2) is 0 Å². The monoisotopic (exact) mass is 235 g/mol. The Bertz CT molecular complexity index is 368. The zero-order valence-corrected chi connectivity index (χ0v) is 10.8. The lowest BCUT2D eigenvalue weighted by atomic mass is 10.0. The highest BCUT2D eigenvalue weighted by Crippen LogP contribution is 2.09. The van der Waals surface area contributed by atoms with Crippen molar-refractivity contribution in [2.45, 2.75) is 39.2 Å². The van der Waals surface area contributed by atoms with E-state index in [0.29, 0.717) is 12.8 Å². The third kappa shape index (κ3) is 5.00. The van der Waals surface area contributed by atoms with Gasteiger partial charge in [-0.15, -0.1) is 0 Å². The second-order valence-electron chi connectivity index (χ2n) is 5.07. The quantitative estimate of drug-likeness (QED) is 0.818. The minimum atomic E-state index is -0.351. The van der Waals surface area contributed by atoms with Crippen molar-refractivity contribution < 1.29 is 9.90 Å². The number of aliphatic hydroxyl groups excluding tert-OH is 1. The summed E-state index contributed by atoms with van der Waals surface area (Å²) in [5, 5.41) is 11.8. The number of rotatable bonds is 5. The van der Waals surface area contributed by atoms with Gasteiger partial charge in [0.2, 0.25) is 5.91 Å². The highest BCUT2D eigenvalue weighted by atomic mass is 16.3. The van der Waals surface area contributed by atoms with Crippen molar-refractivity contribution in [2.75, 3.05) is 6.61 Å². The molecular weight excluding hydrogens is 214 g/mol. The number of carbonyl (C=O) groups is 1. The zero-order valence-electron chi connectivity index (χ0n) is 10.8. The number of carbonyl (C=O) groups excluding carboxylic acids is 1. The average Bonchev–Trinajstić information content (AvgIpc) is 2.20. The van der Waals surface area contributed by atoms with Crippen molar-refractivity contribution in [2.24, 2.45) is 0 Å². The minimum absolute atomic E-state index is 0.00713. The smallest absolute Gasteiger partial charge is 0.224 e. The van der Waals surface area contributed by atoms with Gasteiger partial charge in [0.15, 0.2) is 0 Å². The molecule has 0 aliphatic heterocycles. The lowest BCUT2D eigenvalue weighted by Gasteiger charge is -2.25. The summed E-state index contributed by atoms with van der Waals surface area (Å²) in [6.07, 6.45) is 0.946. The van der Waals surface area contributed by atoms with Crippen LogP contribution in [0.3, 0.4) is 0 Å². The third-order valence-electron chi connectivity index (χ3n) is 2.70. The second kappa shape index (κ2) is 5.82. The van der Waals surface area contributed by atoms with Crippen LogP contribution in [0.4, 0.5) is 0 Å². The largest absolute Gasteiger partial charge is 0.396 e. The van der Waals surface area contributed by atoms with E-state index >= 15 is 0 Å². The van der Waals surface area contributed by atoms with Crippen molar-refractivity contribution in [3.8, 4) is 0 Å². The molecule has 0 radical (unpaired) electrons. The van der Waals surface area contributed by atoms with Crippen molar-refractivity contribution in [1.29, 1.82) is 0 Å². The number of hydrogen-bond acceptors (Lipinski definition) is 2. The first-order chi connectivity index (χ1) is 7.93. The molecule has 3 nitrogen and oxygen atoms in total. The Hall–Kier alpha value is -1.35. The molecule has 1 rings (SSSR count). The molecule has 0 unspecified atom stereocenters. The average molecular weight is 235 g/mol. The maximum absolute atomic E-state index is 11.8. The summed E-state index contributed by atoms with van der Waals surface area (Å²) in [5.41, 5.74) is 1.85. The molecule has 0 aliphatic carbocycles. The van der Waals surface area contributed by atoms with Gasteiger partial charge in [0, 0.05) is 12.1 Å². The molecule has 17 heavy (non-hydrogen) atoms. The number of benzene rings is 1. The third-order valence-corrected chi connectivity index (χ3v) is 2.70. The Kier molecular flexibility index (Phi) is 4.70. The molecule has 1 aromatic carbocycles. The predicted octanol–water partition coefficient (Wildman–Crippen LogP) is 1.81. The van der Waals surface area contributed by atoms with Gasteiger partial charge in [-0.2, -0.15) is 0 Å². The van der Waals surface area contributed by atoms with E-state index in [9.17, 15) is 4.79 Å². The summed E-state index contributed by atoms with van der Waals surface area (Å²) in [5.74, 6) is -0.00713. The number of aryl methyl sites for hydroxylation is 1. The summed E-state index contributed by atoms with van der Waals surface area (Å²) in [6.45, 7) is 5.93. The van der Waals surface area contributed by atoms with E-state index in [-0.39, 0.29) is 18.1 Å². The van der Waals surface area contributed by atoms with Crippen LogP contribution in [0, 0.1) is 6.92 Å². The Balaban J connectivity index is 2.52. The van der Waals surface area contributed by atoms with Crippen LogP contribution < -0.4 is 5.32 Å². The lowest BCUT2D eigenvalue weighted by molar-refractivity contribution is -0.122. The van der Waals surface area contributed by atoms with Crippen LogP contribution in [0.1, 0.15) is 31.4 Å². The van der Waals surface area contributed by atoms with Gasteiger partial charge < -0.3 is 10.4 Å². The van der Waals surface area contributed by atoms with Gasteiger partial charge in [0.1, 0.15) is 0 Å². The number of nitrogens with one attached hydrogen (secondary N) is 1. The number of aliphatic hydroxyl groups is 1. The fraction of sp³-hybridized carbons (Fsp3) is 0.500. The second-order valence-corrected chi connectivity index (χ2v) is 5.07. The molecule has 94 valence electrons. The van der Waals surface area contributed by atoms with Crippen LogP contribution in [0.15, 0.2) is 24.3 Å². The van der Waals surface area contributed by atoms with Gasteiger partial charge >= 0.3 is 0 Å². The molecule has 0 fully saturated rings. The van der Waals surface area contributed by atoms with Gasteiger partial charge in [-0.05, 0) is 32.8 Å². The Morgan fingerprint density at radius 2 is 1.88 bits per heavy atom.